The zero-order valence-electron chi connectivity index (χ0n) is 14.0. The third-order valence-corrected chi connectivity index (χ3v) is 6.21. The molecule has 3 nitrogen and oxygen atoms in total. The van der Waals surface area contributed by atoms with Crippen molar-refractivity contribution in [3.05, 3.63) is 0 Å². The number of fused-ring (bicyclic) bond motifs is 1. The van der Waals surface area contributed by atoms with Crippen LogP contribution < -0.4 is 5.32 Å². The van der Waals surface area contributed by atoms with Crippen LogP contribution in [-0.4, -0.2) is 36.5 Å². The first kappa shape index (κ1) is 15.3. The summed E-state index contributed by atoms with van der Waals surface area (Å²) in [7, 11) is 0. The molecule has 2 aliphatic heterocycles. The number of hydrogen-bond donors (Lipinski definition) is 1. The molecule has 3 fully saturated rings. The highest BCUT2D eigenvalue weighted by molar-refractivity contribution is 5.79. The fourth-order valence-corrected chi connectivity index (χ4v) is 4.69. The summed E-state index contributed by atoms with van der Waals surface area (Å²) in [6.07, 6.45) is 7.27. The van der Waals surface area contributed by atoms with E-state index in [-0.39, 0.29) is 0 Å². The van der Waals surface area contributed by atoms with Gasteiger partial charge in [-0.15, -0.1) is 0 Å². The number of rotatable bonds is 1. The molecule has 0 radical (unpaired) electrons. The van der Waals surface area contributed by atoms with Gasteiger partial charge in [-0.1, -0.05) is 20.8 Å². The van der Waals surface area contributed by atoms with Gasteiger partial charge in [0.25, 0.3) is 0 Å². The third-order valence-electron chi connectivity index (χ3n) is 6.21. The van der Waals surface area contributed by atoms with Gasteiger partial charge >= 0.3 is 0 Å². The zero-order valence-corrected chi connectivity index (χ0v) is 14.0. The molecule has 1 amide bonds. The molecule has 1 aliphatic carbocycles. The van der Waals surface area contributed by atoms with Crippen LogP contribution >= 0.6 is 0 Å². The summed E-state index contributed by atoms with van der Waals surface area (Å²) in [5, 5.41) is 3.60. The monoisotopic (exact) mass is 292 g/mol. The first-order valence-electron chi connectivity index (χ1n) is 8.97. The molecule has 0 bridgehead atoms. The van der Waals surface area contributed by atoms with Crippen molar-refractivity contribution < 1.29 is 4.79 Å². The van der Waals surface area contributed by atoms with Gasteiger partial charge in [-0.3, -0.25) is 4.79 Å². The number of nitrogens with one attached hydrogen (secondary N) is 1. The molecule has 0 aromatic rings. The normalized spacial score (nSPS) is 37.4. The second-order valence-corrected chi connectivity index (χ2v) is 8.62. The number of likely N-dealkylation sites (tertiary alicyclic amines) is 1. The highest BCUT2D eigenvalue weighted by atomic mass is 16.2. The maximum absolute atomic E-state index is 12.8. The molecule has 0 aromatic heterocycles. The lowest BCUT2D eigenvalue weighted by Gasteiger charge is -2.37. The Balaban J connectivity index is 1.53. The van der Waals surface area contributed by atoms with Crippen LogP contribution in [0.25, 0.3) is 0 Å². The molecule has 2 atom stereocenters. The largest absolute Gasteiger partial charge is 0.341 e. The van der Waals surface area contributed by atoms with Crippen LogP contribution in [-0.2, 0) is 4.79 Å². The molecule has 1 N–H and O–H groups in total. The minimum atomic E-state index is 0.309. The minimum Gasteiger partial charge on any atom is -0.341 e. The van der Waals surface area contributed by atoms with Crippen molar-refractivity contribution in [2.45, 2.75) is 65.3 Å². The van der Waals surface area contributed by atoms with E-state index in [2.05, 4.69) is 31.0 Å². The van der Waals surface area contributed by atoms with Gasteiger partial charge in [-0.05, 0) is 62.3 Å². The molecular formula is C18H32N2O. The second-order valence-electron chi connectivity index (χ2n) is 8.62. The Labute approximate surface area is 129 Å². The van der Waals surface area contributed by atoms with Crippen LogP contribution in [0.3, 0.4) is 0 Å². The van der Waals surface area contributed by atoms with Crippen LogP contribution in [0.5, 0.6) is 0 Å². The highest BCUT2D eigenvalue weighted by Crippen LogP contribution is 2.40. The first-order valence-corrected chi connectivity index (χ1v) is 8.97. The van der Waals surface area contributed by atoms with E-state index in [9.17, 15) is 4.79 Å². The van der Waals surface area contributed by atoms with Crippen LogP contribution in [0.4, 0.5) is 0 Å². The molecule has 0 spiro atoms. The van der Waals surface area contributed by atoms with Crippen molar-refractivity contribution >= 4 is 5.91 Å². The Morgan fingerprint density at radius 2 is 1.76 bits per heavy atom. The number of hydrogen-bond acceptors (Lipinski definition) is 2. The van der Waals surface area contributed by atoms with Crippen molar-refractivity contribution in [3.63, 3.8) is 0 Å². The highest BCUT2D eigenvalue weighted by Gasteiger charge is 2.40. The Kier molecular flexibility index (Phi) is 4.31. The van der Waals surface area contributed by atoms with Crippen molar-refractivity contribution in [2.24, 2.45) is 23.2 Å². The smallest absolute Gasteiger partial charge is 0.225 e. The van der Waals surface area contributed by atoms with Gasteiger partial charge in [-0.2, -0.15) is 0 Å². The molecule has 2 unspecified atom stereocenters. The Morgan fingerprint density at radius 1 is 1.05 bits per heavy atom. The number of carbonyl (C=O) groups excluding carboxylic acids is 1. The second kappa shape index (κ2) is 5.91. The predicted octanol–water partition coefficient (Wildman–Crippen LogP) is 3.05. The maximum atomic E-state index is 12.8. The van der Waals surface area contributed by atoms with Crippen molar-refractivity contribution in [1.82, 2.24) is 10.2 Å². The zero-order chi connectivity index (χ0) is 15.0. The van der Waals surface area contributed by atoms with E-state index in [1.807, 2.05) is 0 Å². The van der Waals surface area contributed by atoms with Gasteiger partial charge < -0.3 is 10.2 Å². The standard InChI is InChI=1S/C18H32N2O/c1-18(2,3)15-8-6-13(7-9-15)17(21)20-11-14-5-4-10-19-16(14)12-20/h13-16,19H,4-12H2,1-3H3. The summed E-state index contributed by atoms with van der Waals surface area (Å²) in [6, 6.07) is 0.577. The van der Waals surface area contributed by atoms with Crippen LogP contribution in [0.2, 0.25) is 0 Å². The van der Waals surface area contributed by atoms with E-state index in [1.165, 1.54) is 25.7 Å². The molecule has 1 saturated carbocycles. The van der Waals surface area contributed by atoms with E-state index in [1.54, 1.807) is 0 Å². The van der Waals surface area contributed by atoms with Crippen molar-refractivity contribution in [2.75, 3.05) is 19.6 Å². The lowest BCUT2D eigenvalue weighted by atomic mass is 9.69. The molecule has 2 heterocycles. The molecular weight excluding hydrogens is 260 g/mol. The molecule has 3 rings (SSSR count). The number of carbonyl (C=O) groups is 1. The Hall–Kier alpha value is -0.570. The molecule has 3 aliphatic rings. The van der Waals surface area contributed by atoms with Crippen LogP contribution in [0.1, 0.15) is 59.3 Å². The number of nitrogens with zero attached hydrogens (tertiary/aromatic N) is 1. The van der Waals surface area contributed by atoms with Crippen LogP contribution in [0, 0.1) is 23.2 Å². The van der Waals surface area contributed by atoms with Gasteiger partial charge in [0, 0.05) is 25.0 Å². The molecule has 21 heavy (non-hydrogen) atoms. The van der Waals surface area contributed by atoms with E-state index >= 15 is 0 Å². The minimum absolute atomic E-state index is 0.309. The van der Waals surface area contributed by atoms with Crippen LogP contribution in [0.15, 0.2) is 0 Å². The van der Waals surface area contributed by atoms with Gasteiger partial charge in [0.1, 0.15) is 0 Å². The summed E-state index contributed by atoms with van der Waals surface area (Å²) in [5.41, 5.74) is 0.403. The summed E-state index contributed by atoms with van der Waals surface area (Å²) >= 11 is 0. The van der Waals surface area contributed by atoms with E-state index in [4.69, 9.17) is 0 Å². The van der Waals surface area contributed by atoms with Gasteiger partial charge in [0.2, 0.25) is 5.91 Å². The lowest BCUT2D eigenvalue weighted by molar-refractivity contribution is -0.136. The van der Waals surface area contributed by atoms with Crippen molar-refractivity contribution in [1.29, 1.82) is 0 Å². The third kappa shape index (κ3) is 3.28. The summed E-state index contributed by atoms with van der Waals surface area (Å²) in [5.74, 6) is 2.28. The summed E-state index contributed by atoms with van der Waals surface area (Å²) in [4.78, 5) is 15.0. The quantitative estimate of drug-likeness (QED) is 0.805. The van der Waals surface area contributed by atoms with Crippen molar-refractivity contribution in [3.8, 4) is 0 Å². The Bertz CT molecular complexity index is 365. The number of piperidine rings is 1. The van der Waals surface area contributed by atoms with E-state index in [0.717, 1.165) is 38.4 Å². The Morgan fingerprint density at radius 3 is 2.38 bits per heavy atom. The topological polar surface area (TPSA) is 32.3 Å². The summed E-state index contributed by atoms with van der Waals surface area (Å²) in [6.45, 7) is 10.1. The predicted molar refractivity (Wildman–Crippen MR) is 86.0 cm³/mol. The molecule has 3 heteroatoms. The van der Waals surface area contributed by atoms with E-state index < -0.39 is 0 Å². The fraction of sp³-hybridized carbons (Fsp3) is 0.944. The van der Waals surface area contributed by atoms with Gasteiger partial charge in [-0.25, -0.2) is 0 Å². The average molecular weight is 292 g/mol. The number of amides is 1. The van der Waals surface area contributed by atoms with Gasteiger partial charge in [0.15, 0.2) is 0 Å². The van der Waals surface area contributed by atoms with Gasteiger partial charge in [0.05, 0.1) is 0 Å². The summed E-state index contributed by atoms with van der Waals surface area (Å²) < 4.78 is 0. The molecule has 120 valence electrons. The SMILES string of the molecule is CC(C)(C)C1CCC(C(=O)N2CC3CCCNC3C2)CC1. The average Bonchev–Trinajstić information content (AvgIpc) is 2.89. The molecule has 2 saturated heterocycles. The van der Waals surface area contributed by atoms with E-state index in [0.29, 0.717) is 29.2 Å². The fourth-order valence-electron chi connectivity index (χ4n) is 4.69. The maximum Gasteiger partial charge on any atom is 0.225 e. The first-order chi connectivity index (χ1) is 9.95. The lowest BCUT2D eigenvalue weighted by Crippen LogP contribution is -2.42. The molecule has 0 aromatic carbocycles.